The van der Waals surface area contributed by atoms with E-state index in [4.69, 9.17) is 21.6 Å². The Hall–Kier alpha value is -4.14. The summed E-state index contributed by atoms with van der Waals surface area (Å²) in [6.07, 6.45) is 1.76. The number of aromatic amines is 1. The van der Waals surface area contributed by atoms with Crippen molar-refractivity contribution in [1.29, 1.82) is 0 Å². The van der Waals surface area contributed by atoms with Crippen molar-refractivity contribution in [2.24, 2.45) is 4.99 Å². The molecule has 36 heavy (non-hydrogen) atoms. The molecule has 0 unspecified atom stereocenters. The lowest BCUT2D eigenvalue weighted by Crippen LogP contribution is -2.07. The standard InChI is InChI=1S/C27H21ClFN7/c1-30-14-24-34-22-9-7-17(11-23(22)35-24)33-27-32-13-15-12-31-26(19-4-2-3-5-21(19)29)20-10-16(28)6-8-18(20)25(15)36-27/h2-11,13,30H,12,14H2,1H3,(H,34,35)(H,32,33,36). The number of rotatable bonds is 5. The number of fused-ring (bicyclic) bond motifs is 4. The number of imidazole rings is 1. The van der Waals surface area contributed by atoms with Gasteiger partial charge in [-0.1, -0.05) is 29.8 Å². The van der Waals surface area contributed by atoms with Crippen molar-refractivity contribution in [1.82, 2.24) is 25.3 Å². The Morgan fingerprint density at radius 2 is 1.89 bits per heavy atom. The molecular formula is C27H21ClFN7. The molecule has 7 nitrogen and oxygen atoms in total. The van der Waals surface area contributed by atoms with Crippen LogP contribution >= 0.6 is 11.6 Å². The van der Waals surface area contributed by atoms with Crippen LogP contribution in [0.15, 0.2) is 71.9 Å². The molecule has 0 atom stereocenters. The molecule has 5 aromatic rings. The van der Waals surface area contributed by atoms with Crippen LogP contribution in [0, 0.1) is 5.82 Å². The highest BCUT2D eigenvalue weighted by molar-refractivity contribution is 6.31. The van der Waals surface area contributed by atoms with Crippen molar-refractivity contribution in [3.63, 3.8) is 0 Å². The molecule has 0 radical (unpaired) electrons. The number of hydrogen-bond donors (Lipinski definition) is 3. The first-order valence-corrected chi connectivity index (χ1v) is 11.8. The van der Waals surface area contributed by atoms with Crippen molar-refractivity contribution in [3.8, 4) is 11.3 Å². The third-order valence-electron chi connectivity index (χ3n) is 6.02. The molecule has 6 rings (SSSR count). The van der Waals surface area contributed by atoms with Crippen molar-refractivity contribution in [2.45, 2.75) is 13.1 Å². The maximum atomic E-state index is 14.7. The van der Waals surface area contributed by atoms with E-state index < -0.39 is 0 Å². The number of aliphatic imine (C=N–C) groups is 1. The Balaban J connectivity index is 1.39. The van der Waals surface area contributed by atoms with E-state index in [1.807, 2.05) is 31.3 Å². The highest BCUT2D eigenvalue weighted by atomic mass is 35.5. The smallest absolute Gasteiger partial charge is 0.227 e. The van der Waals surface area contributed by atoms with Crippen LogP contribution < -0.4 is 10.6 Å². The first-order valence-electron chi connectivity index (χ1n) is 11.4. The maximum Gasteiger partial charge on any atom is 0.227 e. The summed E-state index contributed by atoms with van der Waals surface area (Å²) >= 11 is 6.35. The van der Waals surface area contributed by atoms with Gasteiger partial charge in [0.1, 0.15) is 11.6 Å². The molecule has 0 amide bonds. The number of halogens is 2. The fourth-order valence-corrected chi connectivity index (χ4v) is 4.56. The summed E-state index contributed by atoms with van der Waals surface area (Å²) in [5.74, 6) is 0.971. The first kappa shape index (κ1) is 22.3. The molecule has 3 heterocycles. The summed E-state index contributed by atoms with van der Waals surface area (Å²) in [7, 11) is 1.88. The van der Waals surface area contributed by atoms with E-state index >= 15 is 0 Å². The van der Waals surface area contributed by atoms with Crippen LogP contribution in [0.2, 0.25) is 5.02 Å². The molecule has 0 aliphatic carbocycles. The molecule has 1 aliphatic rings. The lowest BCUT2D eigenvalue weighted by Gasteiger charge is -2.13. The topological polar surface area (TPSA) is 90.9 Å². The number of benzene rings is 3. The molecule has 2 aromatic heterocycles. The Morgan fingerprint density at radius 1 is 1.00 bits per heavy atom. The van der Waals surface area contributed by atoms with E-state index in [2.05, 4.69) is 25.6 Å². The van der Waals surface area contributed by atoms with E-state index in [-0.39, 0.29) is 5.82 Å². The third-order valence-corrected chi connectivity index (χ3v) is 6.26. The van der Waals surface area contributed by atoms with Crippen LogP contribution in [0.1, 0.15) is 22.5 Å². The maximum absolute atomic E-state index is 14.7. The van der Waals surface area contributed by atoms with Gasteiger partial charge in [0.05, 0.1) is 35.5 Å². The number of hydrogen-bond acceptors (Lipinski definition) is 6. The number of anilines is 2. The minimum absolute atomic E-state index is 0.319. The van der Waals surface area contributed by atoms with Crippen LogP contribution in [-0.4, -0.2) is 32.7 Å². The Morgan fingerprint density at radius 3 is 2.75 bits per heavy atom. The van der Waals surface area contributed by atoms with Gasteiger partial charge >= 0.3 is 0 Å². The van der Waals surface area contributed by atoms with Gasteiger partial charge < -0.3 is 15.6 Å². The van der Waals surface area contributed by atoms with Crippen LogP contribution in [0.4, 0.5) is 16.0 Å². The van der Waals surface area contributed by atoms with Gasteiger partial charge in [-0.15, -0.1) is 0 Å². The normalized spacial score (nSPS) is 12.6. The monoisotopic (exact) mass is 497 g/mol. The predicted octanol–water partition coefficient (Wildman–Crippen LogP) is 5.63. The Labute approximate surface area is 211 Å². The van der Waals surface area contributed by atoms with Crippen molar-refractivity contribution >= 4 is 40.0 Å². The van der Waals surface area contributed by atoms with Crippen LogP contribution in [0.3, 0.4) is 0 Å². The highest BCUT2D eigenvalue weighted by Gasteiger charge is 2.23. The van der Waals surface area contributed by atoms with Crippen molar-refractivity contribution in [2.75, 3.05) is 12.4 Å². The quantitative estimate of drug-likeness (QED) is 0.293. The molecule has 0 saturated heterocycles. The van der Waals surface area contributed by atoms with Gasteiger partial charge in [-0.05, 0) is 49.5 Å². The van der Waals surface area contributed by atoms with Gasteiger partial charge in [-0.25, -0.2) is 19.3 Å². The molecule has 0 bridgehead atoms. The van der Waals surface area contributed by atoms with Crippen LogP contribution in [-0.2, 0) is 13.1 Å². The summed E-state index contributed by atoms with van der Waals surface area (Å²) < 4.78 is 14.7. The molecule has 9 heteroatoms. The largest absolute Gasteiger partial charge is 0.341 e. The molecule has 178 valence electrons. The van der Waals surface area contributed by atoms with Gasteiger partial charge in [-0.2, -0.15) is 0 Å². The highest BCUT2D eigenvalue weighted by Crippen LogP contribution is 2.34. The Kier molecular flexibility index (Phi) is 5.67. The second-order valence-corrected chi connectivity index (χ2v) is 8.91. The number of aromatic nitrogens is 4. The molecule has 0 spiro atoms. The second kappa shape index (κ2) is 9.14. The lowest BCUT2D eigenvalue weighted by molar-refractivity contribution is 0.625. The summed E-state index contributed by atoms with van der Waals surface area (Å²) in [5.41, 5.74) is 6.72. The SMILES string of the molecule is CNCc1nc2ccc(Nc3ncc4c(n3)-c3ccc(Cl)cc3C(c3ccccc3F)=NC4)cc2[nH]1. The average Bonchev–Trinajstić information content (AvgIpc) is 3.20. The minimum Gasteiger partial charge on any atom is -0.341 e. The summed E-state index contributed by atoms with van der Waals surface area (Å²) in [4.78, 5) is 22.0. The summed E-state index contributed by atoms with van der Waals surface area (Å²) in [6.45, 7) is 0.978. The predicted molar refractivity (Wildman–Crippen MR) is 140 cm³/mol. The van der Waals surface area contributed by atoms with Gasteiger partial charge in [0, 0.05) is 39.2 Å². The molecule has 0 saturated carbocycles. The first-order chi connectivity index (χ1) is 17.6. The second-order valence-electron chi connectivity index (χ2n) is 8.47. The molecule has 0 fully saturated rings. The third kappa shape index (κ3) is 4.10. The molecule has 3 aromatic carbocycles. The van der Waals surface area contributed by atoms with Crippen LogP contribution in [0.25, 0.3) is 22.3 Å². The van der Waals surface area contributed by atoms with Gasteiger partial charge in [0.2, 0.25) is 5.95 Å². The van der Waals surface area contributed by atoms with E-state index in [1.54, 1.807) is 36.5 Å². The van der Waals surface area contributed by atoms with E-state index in [1.165, 1.54) is 6.07 Å². The molecular weight excluding hydrogens is 477 g/mol. The zero-order valence-corrected chi connectivity index (χ0v) is 20.1. The van der Waals surface area contributed by atoms with Gasteiger partial charge in [0.25, 0.3) is 0 Å². The van der Waals surface area contributed by atoms with E-state index in [9.17, 15) is 4.39 Å². The summed E-state index contributed by atoms with van der Waals surface area (Å²) in [5, 5.41) is 6.93. The lowest BCUT2D eigenvalue weighted by atomic mass is 9.95. The molecule has 3 N–H and O–H groups in total. The molecule has 1 aliphatic heterocycles. The fraction of sp³-hybridized carbons (Fsp3) is 0.111. The fourth-order valence-electron chi connectivity index (χ4n) is 4.39. The Bertz CT molecular complexity index is 1640. The number of nitrogens with zero attached hydrogens (tertiary/aromatic N) is 4. The van der Waals surface area contributed by atoms with E-state index in [0.29, 0.717) is 35.3 Å². The zero-order chi connectivity index (χ0) is 24.6. The number of nitrogens with one attached hydrogen (secondary N) is 3. The van der Waals surface area contributed by atoms with Crippen molar-refractivity contribution in [3.05, 3.63) is 100 Å². The zero-order valence-electron chi connectivity index (χ0n) is 19.3. The van der Waals surface area contributed by atoms with Crippen molar-refractivity contribution < 1.29 is 4.39 Å². The number of H-pyrrole nitrogens is 1. The van der Waals surface area contributed by atoms with E-state index in [0.717, 1.165) is 44.9 Å². The van der Waals surface area contributed by atoms with Crippen LogP contribution in [0.5, 0.6) is 0 Å². The minimum atomic E-state index is -0.339. The van der Waals surface area contributed by atoms with Gasteiger partial charge in [0.15, 0.2) is 0 Å². The average molecular weight is 498 g/mol. The van der Waals surface area contributed by atoms with Gasteiger partial charge in [-0.3, -0.25) is 4.99 Å². The summed E-state index contributed by atoms with van der Waals surface area (Å²) in [6, 6.07) is 18.0.